The smallest absolute Gasteiger partial charge is 0.324 e. The van der Waals surface area contributed by atoms with E-state index in [4.69, 9.17) is 4.74 Å². The molecular weight excluding hydrogens is 214 g/mol. The minimum atomic E-state index is -0.382. The number of esters is 1. The van der Waals surface area contributed by atoms with Gasteiger partial charge in [0, 0.05) is 12.6 Å². The van der Waals surface area contributed by atoms with Gasteiger partial charge in [0.15, 0.2) is 0 Å². The summed E-state index contributed by atoms with van der Waals surface area (Å²) in [7, 11) is 0. The van der Waals surface area contributed by atoms with E-state index in [1.807, 2.05) is 20.8 Å². The molecule has 3 nitrogen and oxygen atoms in total. The number of hydrogen-bond donors (Lipinski definition) is 0. The van der Waals surface area contributed by atoms with Gasteiger partial charge in [0.2, 0.25) is 0 Å². The third-order valence-electron chi connectivity index (χ3n) is 3.79. The Morgan fingerprint density at radius 2 is 1.88 bits per heavy atom. The second-order valence-corrected chi connectivity index (χ2v) is 6.91. The summed E-state index contributed by atoms with van der Waals surface area (Å²) in [5.41, 5.74) is -0.382. The van der Waals surface area contributed by atoms with Gasteiger partial charge < -0.3 is 4.74 Å². The molecule has 0 aromatic carbocycles. The molecule has 2 bridgehead atoms. The Morgan fingerprint density at radius 1 is 1.29 bits per heavy atom. The molecule has 0 N–H and O–H groups in total. The van der Waals surface area contributed by atoms with Crippen molar-refractivity contribution in [3.05, 3.63) is 0 Å². The standard InChI is InChI=1S/C14H25NO2/c1-9(2)12(13(16)17-14(3,4)5)15-8-10-6-11(15)7-10/h9-12H,6-8H2,1-5H3. The molecule has 0 amide bonds. The van der Waals surface area contributed by atoms with Gasteiger partial charge in [-0.05, 0) is 45.4 Å². The van der Waals surface area contributed by atoms with Gasteiger partial charge in [-0.15, -0.1) is 0 Å². The molecule has 3 aliphatic rings. The molecule has 3 fully saturated rings. The first-order valence-electron chi connectivity index (χ1n) is 6.76. The summed E-state index contributed by atoms with van der Waals surface area (Å²) in [5, 5.41) is 0. The van der Waals surface area contributed by atoms with Crippen LogP contribution in [0.15, 0.2) is 0 Å². The van der Waals surface area contributed by atoms with Gasteiger partial charge in [-0.25, -0.2) is 0 Å². The second-order valence-electron chi connectivity index (χ2n) is 6.91. The predicted octanol–water partition coefficient (Wildman–Crippen LogP) is 2.45. The second kappa shape index (κ2) is 4.27. The van der Waals surface area contributed by atoms with Crippen molar-refractivity contribution in [1.82, 2.24) is 4.90 Å². The van der Waals surface area contributed by atoms with Crippen LogP contribution in [0.1, 0.15) is 47.5 Å². The zero-order chi connectivity index (χ0) is 12.8. The maximum absolute atomic E-state index is 12.3. The number of rotatable bonds is 3. The lowest BCUT2D eigenvalue weighted by Crippen LogP contribution is -2.48. The number of ether oxygens (including phenoxy) is 1. The molecular formula is C14H25NO2. The van der Waals surface area contributed by atoms with E-state index < -0.39 is 0 Å². The Morgan fingerprint density at radius 3 is 2.24 bits per heavy atom. The van der Waals surface area contributed by atoms with Gasteiger partial charge in [-0.3, -0.25) is 9.69 Å². The molecule has 1 aliphatic carbocycles. The maximum atomic E-state index is 12.3. The lowest BCUT2D eigenvalue weighted by Gasteiger charge is -2.35. The highest BCUT2D eigenvalue weighted by Crippen LogP contribution is 2.43. The molecule has 0 aromatic heterocycles. The molecule has 0 spiro atoms. The van der Waals surface area contributed by atoms with Crippen LogP contribution in [-0.2, 0) is 9.53 Å². The summed E-state index contributed by atoms with van der Waals surface area (Å²) < 4.78 is 5.56. The SMILES string of the molecule is CC(C)C(C(=O)OC(C)(C)C)N1CC2CC1C2. The Labute approximate surface area is 105 Å². The summed E-state index contributed by atoms with van der Waals surface area (Å²) in [6.07, 6.45) is 2.57. The summed E-state index contributed by atoms with van der Waals surface area (Å²) in [6.45, 7) is 11.1. The Hall–Kier alpha value is -0.570. The highest BCUT2D eigenvalue weighted by molar-refractivity contribution is 5.76. The van der Waals surface area contributed by atoms with Crippen LogP contribution < -0.4 is 0 Å². The van der Waals surface area contributed by atoms with E-state index in [2.05, 4.69) is 18.7 Å². The number of fused-ring (bicyclic) bond motifs is 1. The number of carbonyl (C=O) groups excluding carboxylic acids is 1. The summed E-state index contributed by atoms with van der Waals surface area (Å²) >= 11 is 0. The first-order chi connectivity index (χ1) is 7.78. The Kier molecular flexibility index (Phi) is 3.23. The van der Waals surface area contributed by atoms with E-state index in [9.17, 15) is 4.79 Å². The van der Waals surface area contributed by atoms with Gasteiger partial charge >= 0.3 is 5.97 Å². The van der Waals surface area contributed by atoms with Gasteiger partial charge in [0.25, 0.3) is 0 Å². The average molecular weight is 239 g/mol. The minimum absolute atomic E-state index is 0.0416. The quantitative estimate of drug-likeness (QED) is 0.708. The number of carbonyl (C=O) groups is 1. The van der Waals surface area contributed by atoms with E-state index in [0.29, 0.717) is 12.0 Å². The summed E-state index contributed by atoms with van der Waals surface area (Å²) in [6, 6.07) is 0.589. The molecule has 2 saturated heterocycles. The van der Waals surface area contributed by atoms with Crippen LogP contribution in [0, 0.1) is 11.8 Å². The monoisotopic (exact) mass is 239 g/mol. The zero-order valence-corrected chi connectivity index (χ0v) is 11.7. The lowest BCUT2D eigenvalue weighted by molar-refractivity contribution is -0.163. The maximum Gasteiger partial charge on any atom is 0.324 e. The van der Waals surface area contributed by atoms with E-state index in [1.165, 1.54) is 12.8 Å². The highest BCUT2D eigenvalue weighted by Gasteiger charge is 2.48. The van der Waals surface area contributed by atoms with Crippen molar-refractivity contribution < 1.29 is 9.53 Å². The molecule has 3 rings (SSSR count). The van der Waals surface area contributed by atoms with Crippen molar-refractivity contribution in [1.29, 1.82) is 0 Å². The average Bonchev–Trinajstić information content (AvgIpc) is 2.55. The predicted molar refractivity (Wildman–Crippen MR) is 67.7 cm³/mol. The molecule has 0 radical (unpaired) electrons. The molecule has 1 unspecified atom stereocenters. The third-order valence-corrected chi connectivity index (χ3v) is 3.79. The van der Waals surface area contributed by atoms with Crippen LogP contribution >= 0.6 is 0 Å². The fourth-order valence-corrected chi connectivity index (χ4v) is 3.06. The van der Waals surface area contributed by atoms with Crippen LogP contribution in [-0.4, -0.2) is 35.1 Å². The summed E-state index contributed by atoms with van der Waals surface area (Å²) in [4.78, 5) is 14.7. The topological polar surface area (TPSA) is 29.5 Å². The van der Waals surface area contributed by atoms with Crippen molar-refractivity contribution in [2.24, 2.45) is 11.8 Å². The third kappa shape index (κ3) is 2.65. The molecule has 2 heterocycles. The van der Waals surface area contributed by atoms with Gasteiger partial charge in [0.1, 0.15) is 11.6 Å². The highest BCUT2D eigenvalue weighted by atomic mass is 16.6. The van der Waals surface area contributed by atoms with Crippen molar-refractivity contribution in [2.75, 3.05) is 6.54 Å². The van der Waals surface area contributed by atoms with Gasteiger partial charge in [-0.2, -0.15) is 0 Å². The Bertz CT molecular complexity index is 300. The zero-order valence-electron chi connectivity index (χ0n) is 11.7. The fraction of sp³-hybridized carbons (Fsp3) is 0.929. The van der Waals surface area contributed by atoms with Crippen molar-refractivity contribution in [3.8, 4) is 0 Å². The molecule has 1 atom stereocenters. The normalized spacial score (nSPS) is 30.2. The van der Waals surface area contributed by atoms with Crippen LogP contribution in [0.4, 0.5) is 0 Å². The Balaban J connectivity index is 2.04. The molecule has 98 valence electrons. The van der Waals surface area contributed by atoms with E-state index in [0.717, 1.165) is 12.5 Å². The molecule has 2 aliphatic heterocycles. The largest absolute Gasteiger partial charge is 0.459 e. The molecule has 1 saturated carbocycles. The first kappa shape index (κ1) is 12.9. The first-order valence-corrected chi connectivity index (χ1v) is 6.76. The van der Waals surface area contributed by atoms with Crippen LogP contribution in [0.2, 0.25) is 0 Å². The van der Waals surface area contributed by atoms with Crippen molar-refractivity contribution in [3.63, 3.8) is 0 Å². The van der Waals surface area contributed by atoms with Crippen molar-refractivity contribution in [2.45, 2.75) is 65.1 Å². The van der Waals surface area contributed by atoms with E-state index >= 15 is 0 Å². The van der Waals surface area contributed by atoms with Gasteiger partial charge in [-0.1, -0.05) is 13.8 Å². The lowest BCUT2D eigenvalue weighted by atomic mass is 9.86. The van der Waals surface area contributed by atoms with Crippen LogP contribution in [0.5, 0.6) is 0 Å². The van der Waals surface area contributed by atoms with Gasteiger partial charge in [0.05, 0.1) is 0 Å². The van der Waals surface area contributed by atoms with Crippen LogP contribution in [0.3, 0.4) is 0 Å². The van der Waals surface area contributed by atoms with E-state index in [-0.39, 0.29) is 17.6 Å². The fourth-order valence-electron chi connectivity index (χ4n) is 3.06. The van der Waals surface area contributed by atoms with E-state index in [1.54, 1.807) is 0 Å². The molecule has 0 aromatic rings. The summed E-state index contributed by atoms with van der Waals surface area (Å²) in [5.74, 6) is 1.12. The number of hydrogen-bond acceptors (Lipinski definition) is 3. The molecule has 17 heavy (non-hydrogen) atoms. The van der Waals surface area contributed by atoms with Crippen molar-refractivity contribution >= 4 is 5.97 Å². The minimum Gasteiger partial charge on any atom is -0.459 e. The number of nitrogens with zero attached hydrogens (tertiary/aromatic N) is 1. The molecule has 3 heteroatoms. The van der Waals surface area contributed by atoms with Crippen LogP contribution in [0.25, 0.3) is 0 Å².